The molecule has 1 aromatic carbocycles. The first-order valence-electron chi connectivity index (χ1n) is 5.80. The SMILES string of the molecule is CCN(Cc1ccccc1)c1ccc(N)nc1. The fourth-order valence-corrected chi connectivity index (χ4v) is 1.77. The molecule has 0 bridgehead atoms. The van der Waals surface area contributed by atoms with E-state index in [1.54, 1.807) is 0 Å². The Hall–Kier alpha value is -2.03. The Bertz CT molecular complexity index is 451. The van der Waals surface area contributed by atoms with Gasteiger partial charge in [-0.05, 0) is 24.6 Å². The molecule has 2 N–H and O–H groups in total. The van der Waals surface area contributed by atoms with Gasteiger partial charge in [0.15, 0.2) is 0 Å². The summed E-state index contributed by atoms with van der Waals surface area (Å²) < 4.78 is 0. The van der Waals surface area contributed by atoms with Crippen LogP contribution in [-0.4, -0.2) is 11.5 Å². The molecule has 0 aliphatic rings. The number of nitrogens with zero attached hydrogens (tertiary/aromatic N) is 2. The Morgan fingerprint density at radius 3 is 2.47 bits per heavy atom. The quantitative estimate of drug-likeness (QED) is 0.873. The van der Waals surface area contributed by atoms with E-state index < -0.39 is 0 Å². The van der Waals surface area contributed by atoms with Crippen LogP contribution in [0, 0.1) is 0 Å². The summed E-state index contributed by atoms with van der Waals surface area (Å²) >= 11 is 0. The van der Waals surface area contributed by atoms with Crippen molar-refractivity contribution in [3.63, 3.8) is 0 Å². The largest absolute Gasteiger partial charge is 0.384 e. The van der Waals surface area contributed by atoms with Gasteiger partial charge in [-0.1, -0.05) is 30.3 Å². The lowest BCUT2D eigenvalue weighted by molar-refractivity contribution is 0.829. The monoisotopic (exact) mass is 227 g/mol. The molecule has 0 aliphatic carbocycles. The Kier molecular flexibility index (Phi) is 3.60. The zero-order valence-electron chi connectivity index (χ0n) is 10.0. The zero-order valence-corrected chi connectivity index (χ0v) is 10.0. The maximum absolute atomic E-state index is 5.59. The van der Waals surface area contributed by atoms with Crippen LogP contribution in [0.3, 0.4) is 0 Å². The summed E-state index contributed by atoms with van der Waals surface area (Å²) in [5.41, 5.74) is 7.99. The fourth-order valence-electron chi connectivity index (χ4n) is 1.77. The number of rotatable bonds is 4. The highest BCUT2D eigenvalue weighted by Crippen LogP contribution is 2.16. The number of pyridine rings is 1. The number of anilines is 2. The molecule has 17 heavy (non-hydrogen) atoms. The van der Waals surface area contributed by atoms with Crippen LogP contribution < -0.4 is 10.6 Å². The van der Waals surface area contributed by atoms with Crippen LogP contribution in [0.5, 0.6) is 0 Å². The first-order valence-corrected chi connectivity index (χ1v) is 5.80. The van der Waals surface area contributed by atoms with Gasteiger partial charge in [0, 0.05) is 13.1 Å². The van der Waals surface area contributed by atoms with E-state index in [9.17, 15) is 0 Å². The topological polar surface area (TPSA) is 42.1 Å². The third-order valence-electron chi connectivity index (χ3n) is 2.73. The maximum Gasteiger partial charge on any atom is 0.123 e. The maximum atomic E-state index is 5.59. The summed E-state index contributed by atoms with van der Waals surface area (Å²) in [5.74, 6) is 0.560. The molecule has 0 aliphatic heterocycles. The molecule has 0 amide bonds. The van der Waals surface area contributed by atoms with Gasteiger partial charge in [-0.3, -0.25) is 0 Å². The van der Waals surface area contributed by atoms with Gasteiger partial charge in [0.05, 0.1) is 11.9 Å². The molecular weight excluding hydrogens is 210 g/mol. The van der Waals surface area contributed by atoms with Gasteiger partial charge in [0.25, 0.3) is 0 Å². The van der Waals surface area contributed by atoms with Crippen molar-refractivity contribution in [1.29, 1.82) is 0 Å². The van der Waals surface area contributed by atoms with E-state index in [1.165, 1.54) is 5.56 Å². The molecule has 3 heteroatoms. The second-order valence-corrected chi connectivity index (χ2v) is 3.94. The zero-order chi connectivity index (χ0) is 12.1. The van der Waals surface area contributed by atoms with Crippen LogP contribution in [0.2, 0.25) is 0 Å². The van der Waals surface area contributed by atoms with Gasteiger partial charge in [0.2, 0.25) is 0 Å². The normalized spacial score (nSPS) is 10.2. The summed E-state index contributed by atoms with van der Waals surface area (Å²) in [6, 6.07) is 14.3. The predicted molar refractivity (Wildman–Crippen MR) is 71.8 cm³/mol. The molecule has 0 radical (unpaired) electrons. The molecule has 88 valence electrons. The third kappa shape index (κ3) is 2.97. The lowest BCUT2D eigenvalue weighted by Gasteiger charge is -2.22. The molecule has 0 fully saturated rings. The number of hydrogen-bond donors (Lipinski definition) is 1. The van der Waals surface area contributed by atoms with Crippen LogP contribution in [0.1, 0.15) is 12.5 Å². The van der Waals surface area contributed by atoms with E-state index in [2.05, 4.69) is 41.1 Å². The standard InChI is InChI=1S/C14H17N3/c1-2-17(11-12-6-4-3-5-7-12)13-8-9-14(15)16-10-13/h3-10H,2,11H2,1H3,(H2,15,16). The van der Waals surface area contributed by atoms with E-state index in [4.69, 9.17) is 5.73 Å². The van der Waals surface area contributed by atoms with Crippen molar-refractivity contribution in [2.75, 3.05) is 17.2 Å². The molecule has 0 atom stereocenters. The number of nitrogen functional groups attached to an aromatic ring is 1. The van der Waals surface area contributed by atoms with Crippen LogP contribution in [0.15, 0.2) is 48.7 Å². The van der Waals surface area contributed by atoms with E-state index in [0.717, 1.165) is 18.8 Å². The highest BCUT2D eigenvalue weighted by Gasteiger charge is 2.05. The number of benzene rings is 1. The molecule has 0 spiro atoms. The smallest absolute Gasteiger partial charge is 0.123 e. The first kappa shape index (κ1) is 11.5. The lowest BCUT2D eigenvalue weighted by Crippen LogP contribution is -2.22. The van der Waals surface area contributed by atoms with Crippen molar-refractivity contribution < 1.29 is 0 Å². The minimum absolute atomic E-state index is 0.560. The predicted octanol–water partition coefficient (Wildman–Crippen LogP) is 2.69. The van der Waals surface area contributed by atoms with Gasteiger partial charge in [-0.2, -0.15) is 0 Å². The second kappa shape index (κ2) is 5.34. The summed E-state index contributed by atoms with van der Waals surface area (Å²) in [5, 5.41) is 0. The van der Waals surface area contributed by atoms with Crippen molar-refractivity contribution in [2.24, 2.45) is 0 Å². The van der Waals surface area contributed by atoms with E-state index >= 15 is 0 Å². The van der Waals surface area contributed by atoms with E-state index in [1.807, 2.05) is 24.4 Å². The van der Waals surface area contributed by atoms with E-state index in [0.29, 0.717) is 5.82 Å². The van der Waals surface area contributed by atoms with Crippen LogP contribution in [0.25, 0.3) is 0 Å². The van der Waals surface area contributed by atoms with Gasteiger partial charge in [-0.25, -0.2) is 4.98 Å². The molecule has 1 aromatic heterocycles. The highest BCUT2D eigenvalue weighted by atomic mass is 15.1. The second-order valence-electron chi connectivity index (χ2n) is 3.94. The van der Waals surface area contributed by atoms with Crippen molar-refractivity contribution in [3.8, 4) is 0 Å². The molecule has 2 rings (SSSR count). The van der Waals surface area contributed by atoms with Crippen LogP contribution in [0.4, 0.5) is 11.5 Å². The minimum atomic E-state index is 0.560. The first-order chi connectivity index (χ1) is 8.29. The molecule has 1 heterocycles. The Morgan fingerprint density at radius 2 is 1.88 bits per heavy atom. The Morgan fingerprint density at radius 1 is 1.12 bits per heavy atom. The average molecular weight is 227 g/mol. The molecule has 0 saturated heterocycles. The average Bonchev–Trinajstić information content (AvgIpc) is 2.38. The number of aromatic nitrogens is 1. The lowest BCUT2D eigenvalue weighted by atomic mass is 10.2. The summed E-state index contributed by atoms with van der Waals surface area (Å²) in [6.07, 6.45) is 1.82. The minimum Gasteiger partial charge on any atom is -0.384 e. The Labute approximate surface area is 102 Å². The van der Waals surface area contributed by atoms with Crippen LogP contribution in [-0.2, 0) is 6.54 Å². The Balaban J connectivity index is 2.14. The molecular formula is C14H17N3. The third-order valence-corrected chi connectivity index (χ3v) is 2.73. The van der Waals surface area contributed by atoms with Crippen molar-refractivity contribution in [2.45, 2.75) is 13.5 Å². The van der Waals surface area contributed by atoms with E-state index in [-0.39, 0.29) is 0 Å². The molecule has 2 aromatic rings. The van der Waals surface area contributed by atoms with Gasteiger partial charge in [0.1, 0.15) is 5.82 Å². The number of hydrogen-bond acceptors (Lipinski definition) is 3. The van der Waals surface area contributed by atoms with Gasteiger partial charge in [-0.15, -0.1) is 0 Å². The van der Waals surface area contributed by atoms with Gasteiger partial charge >= 0.3 is 0 Å². The van der Waals surface area contributed by atoms with Crippen LogP contribution >= 0.6 is 0 Å². The molecule has 3 nitrogen and oxygen atoms in total. The number of nitrogens with two attached hydrogens (primary N) is 1. The summed E-state index contributed by atoms with van der Waals surface area (Å²) in [6.45, 7) is 3.97. The van der Waals surface area contributed by atoms with Gasteiger partial charge < -0.3 is 10.6 Å². The van der Waals surface area contributed by atoms with Crippen molar-refractivity contribution in [3.05, 3.63) is 54.2 Å². The fraction of sp³-hybridized carbons (Fsp3) is 0.214. The molecule has 0 unspecified atom stereocenters. The summed E-state index contributed by atoms with van der Waals surface area (Å²) in [4.78, 5) is 6.39. The molecule has 0 saturated carbocycles. The highest BCUT2D eigenvalue weighted by molar-refractivity contribution is 5.48. The summed E-state index contributed by atoms with van der Waals surface area (Å²) in [7, 11) is 0. The van der Waals surface area contributed by atoms with Crippen molar-refractivity contribution >= 4 is 11.5 Å². The van der Waals surface area contributed by atoms with Crippen molar-refractivity contribution in [1.82, 2.24) is 4.98 Å².